The van der Waals surface area contributed by atoms with Crippen molar-refractivity contribution < 1.29 is 8.42 Å². The van der Waals surface area contributed by atoms with Gasteiger partial charge in [0, 0.05) is 0 Å². The highest BCUT2D eigenvalue weighted by Crippen LogP contribution is 2.23. The fourth-order valence-corrected chi connectivity index (χ4v) is 3.23. The Morgan fingerprint density at radius 2 is 1.65 bits per heavy atom. The van der Waals surface area contributed by atoms with E-state index in [1.54, 1.807) is 42.5 Å². The largest absolute Gasteiger partial charge is 0.265 e. The molecular weight excluding hydrogens is 270 g/mol. The molecule has 0 fully saturated rings. The Morgan fingerprint density at radius 1 is 1.05 bits per heavy atom. The molecule has 0 saturated carbocycles. The molecule has 2 aromatic carbocycles. The summed E-state index contributed by atoms with van der Waals surface area (Å²) in [6.07, 6.45) is 5.32. The zero-order valence-corrected chi connectivity index (χ0v) is 12.0. The van der Waals surface area contributed by atoms with E-state index in [1.807, 2.05) is 19.1 Å². The number of sulfonamides is 1. The Bertz CT molecular complexity index is 713. The maximum absolute atomic E-state index is 12.6. The van der Waals surface area contributed by atoms with Crippen LogP contribution in [0.15, 0.2) is 59.5 Å². The molecule has 102 valence electrons. The molecule has 0 radical (unpaired) electrons. The molecule has 2 rings (SSSR count). The van der Waals surface area contributed by atoms with Crippen molar-refractivity contribution in [1.82, 2.24) is 0 Å². The van der Waals surface area contributed by atoms with Crippen LogP contribution in [0.3, 0.4) is 0 Å². The molecule has 0 amide bonds. The molecule has 0 aliphatic carbocycles. The van der Waals surface area contributed by atoms with Gasteiger partial charge >= 0.3 is 0 Å². The molecule has 0 aliphatic heterocycles. The number of anilines is 1. The van der Waals surface area contributed by atoms with Gasteiger partial charge in [0.2, 0.25) is 0 Å². The van der Waals surface area contributed by atoms with Crippen molar-refractivity contribution in [1.29, 1.82) is 0 Å². The molecule has 0 atom stereocenters. The number of terminal acetylenes is 1. The van der Waals surface area contributed by atoms with Crippen LogP contribution >= 0.6 is 0 Å². The average Bonchev–Trinajstić information content (AvgIpc) is 2.47. The van der Waals surface area contributed by atoms with Gasteiger partial charge in [0.05, 0.1) is 17.1 Å². The summed E-state index contributed by atoms with van der Waals surface area (Å²) in [5, 5.41) is 0. The molecular formula is C16H15NO2S. The first-order valence-electron chi connectivity index (χ1n) is 6.13. The maximum Gasteiger partial charge on any atom is 0.265 e. The number of benzene rings is 2. The zero-order chi connectivity index (χ0) is 14.6. The number of rotatable bonds is 4. The van der Waals surface area contributed by atoms with Crippen LogP contribution in [0.5, 0.6) is 0 Å². The molecule has 0 heterocycles. The highest BCUT2D eigenvalue weighted by Gasteiger charge is 2.23. The molecule has 0 bridgehead atoms. The Hall–Kier alpha value is -2.25. The third-order valence-electron chi connectivity index (χ3n) is 2.89. The second-order valence-electron chi connectivity index (χ2n) is 4.36. The van der Waals surface area contributed by atoms with E-state index in [1.165, 1.54) is 4.31 Å². The molecule has 0 unspecified atom stereocenters. The van der Waals surface area contributed by atoms with Gasteiger partial charge in [-0.3, -0.25) is 4.31 Å². The number of hydrogen-bond acceptors (Lipinski definition) is 2. The SMILES string of the molecule is C#CCN(c1ccc(C)cc1)S(=O)(=O)c1ccccc1. The van der Waals surface area contributed by atoms with E-state index < -0.39 is 10.0 Å². The average molecular weight is 285 g/mol. The summed E-state index contributed by atoms with van der Waals surface area (Å²) in [7, 11) is -3.64. The molecule has 3 nitrogen and oxygen atoms in total. The lowest BCUT2D eigenvalue weighted by Crippen LogP contribution is -2.31. The highest BCUT2D eigenvalue weighted by atomic mass is 32.2. The first kappa shape index (κ1) is 14.2. The van der Waals surface area contributed by atoms with Crippen LogP contribution < -0.4 is 4.31 Å². The van der Waals surface area contributed by atoms with Crippen molar-refractivity contribution in [3.8, 4) is 12.3 Å². The molecule has 4 heteroatoms. The van der Waals surface area contributed by atoms with Crippen molar-refractivity contribution in [2.45, 2.75) is 11.8 Å². The lowest BCUT2D eigenvalue weighted by Gasteiger charge is -2.22. The molecule has 20 heavy (non-hydrogen) atoms. The summed E-state index contributed by atoms with van der Waals surface area (Å²) in [4.78, 5) is 0.232. The minimum Gasteiger partial charge on any atom is -0.254 e. The van der Waals surface area contributed by atoms with Crippen molar-refractivity contribution in [3.05, 3.63) is 60.2 Å². The smallest absolute Gasteiger partial charge is 0.254 e. The molecule has 2 aromatic rings. The van der Waals surface area contributed by atoms with Crippen molar-refractivity contribution in [3.63, 3.8) is 0 Å². The fourth-order valence-electron chi connectivity index (χ4n) is 1.83. The van der Waals surface area contributed by atoms with Crippen molar-refractivity contribution in [2.75, 3.05) is 10.8 Å². The van der Waals surface area contributed by atoms with Gasteiger partial charge in [0.25, 0.3) is 10.0 Å². The summed E-state index contributed by atoms with van der Waals surface area (Å²) in [6, 6.07) is 15.5. The van der Waals surface area contributed by atoms with E-state index in [9.17, 15) is 8.42 Å². The topological polar surface area (TPSA) is 37.4 Å². The Balaban J connectivity index is 2.49. The highest BCUT2D eigenvalue weighted by molar-refractivity contribution is 7.92. The van der Waals surface area contributed by atoms with Crippen LogP contribution in [0, 0.1) is 19.3 Å². The third-order valence-corrected chi connectivity index (χ3v) is 4.68. The van der Waals surface area contributed by atoms with E-state index >= 15 is 0 Å². The van der Waals surface area contributed by atoms with Gasteiger partial charge in [-0.2, -0.15) is 0 Å². The van der Waals surface area contributed by atoms with E-state index in [0.717, 1.165) is 5.56 Å². The van der Waals surface area contributed by atoms with Gasteiger partial charge in [0.1, 0.15) is 0 Å². The summed E-state index contributed by atoms with van der Waals surface area (Å²) in [5.41, 5.74) is 1.63. The van der Waals surface area contributed by atoms with Crippen molar-refractivity contribution >= 4 is 15.7 Å². The second-order valence-corrected chi connectivity index (χ2v) is 6.23. The predicted molar refractivity (Wildman–Crippen MR) is 81.0 cm³/mol. The monoisotopic (exact) mass is 285 g/mol. The van der Waals surface area contributed by atoms with Gasteiger partial charge in [-0.15, -0.1) is 6.42 Å². The summed E-state index contributed by atoms with van der Waals surface area (Å²) in [6.45, 7) is 1.95. The normalized spacial score (nSPS) is 10.8. The molecule has 0 aliphatic rings. The minimum absolute atomic E-state index is 0.000286. The fraction of sp³-hybridized carbons (Fsp3) is 0.125. The van der Waals surface area contributed by atoms with Crippen LogP contribution in [-0.4, -0.2) is 15.0 Å². The van der Waals surface area contributed by atoms with Gasteiger partial charge < -0.3 is 0 Å². The van der Waals surface area contributed by atoms with E-state index in [2.05, 4.69) is 5.92 Å². The second kappa shape index (κ2) is 5.81. The summed E-state index contributed by atoms with van der Waals surface area (Å²) in [5.74, 6) is 2.40. The van der Waals surface area contributed by atoms with Gasteiger partial charge in [-0.1, -0.05) is 41.8 Å². The third kappa shape index (κ3) is 2.84. The van der Waals surface area contributed by atoms with Crippen LogP contribution in [0.25, 0.3) is 0 Å². The molecule has 0 spiro atoms. The van der Waals surface area contributed by atoms with Gasteiger partial charge in [-0.05, 0) is 31.2 Å². The Kier molecular flexibility index (Phi) is 4.11. The van der Waals surface area contributed by atoms with Gasteiger partial charge in [-0.25, -0.2) is 8.42 Å². The van der Waals surface area contributed by atoms with Crippen LogP contribution in [0.4, 0.5) is 5.69 Å². The summed E-state index contributed by atoms with van der Waals surface area (Å²) < 4.78 is 26.5. The summed E-state index contributed by atoms with van der Waals surface area (Å²) >= 11 is 0. The van der Waals surface area contributed by atoms with E-state index in [-0.39, 0.29) is 11.4 Å². The minimum atomic E-state index is -3.64. The van der Waals surface area contributed by atoms with Crippen LogP contribution in [0.1, 0.15) is 5.56 Å². The maximum atomic E-state index is 12.6. The molecule has 0 N–H and O–H groups in total. The first-order chi connectivity index (χ1) is 9.55. The molecule has 0 saturated heterocycles. The lowest BCUT2D eigenvalue weighted by molar-refractivity contribution is 0.593. The van der Waals surface area contributed by atoms with E-state index in [0.29, 0.717) is 5.69 Å². The van der Waals surface area contributed by atoms with Gasteiger partial charge in [0.15, 0.2) is 0 Å². The standard InChI is InChI=1S/C16H15NO2S/c1-3-13-17(15-11-9-14(2)10-12-15)20(18,19)16-7-5-4-6-8-16/h1,4-12H,13H2,2H3. The van der Waals surface area contributed by atoms with E-state index in [4.69, 9.17) is 6.42 Å². The van der Waals surface area contributed by atoms with Crippen molar-refractivity contribution in [2.24, 2.45) is 0 Å². The number of hydrogen-bond donors (Lipinski definition) is 0. The zero-order valence-electron chi connectivity index (χ0n) is 11.2. The lowest BCUT2D eigenvalue weighted by atomic mass is 10.2. The van der Waals surface area contributed by atoms with Crippen LogP contribution in [0.2, 0.25) is 0 Å². The number of nitrogens with zero attached hydrogens (tertiary/aromatic N) is 1. The predicted octanol–water partition coefficient (Wildman–Crippen LogP) is 2.82. The first-order valence-corrected chi connectivity index (χ1v) is 7.57. The Morgan fingerprint density at radius 3 is 2.20 bits per heavy atom. The quantitative estimate of drug-likeness (QED) is 0.810. The van der Waals surface area contributed by atoms with Crippen LogP contribution in [-0.2, 0) is 10.0 Å². The molecule has 0 aromatic heterocycles. The Labute approximate surface area is 119 Å². The number of aryl methyl sites for hydroxylation is 1.